The molecule has 0 spiro atoms. The minimum Gasteiger partial charge on any atom is -0.444 e. The number of ether oxygens (including phenoxy) is 1. The minimum atomic E-state index is -0.854. The van der Waals surface area contributed by atoms with Crippen LogP contribution in [0.2, 0.25) is 0 Å². The molecule has 0 unspecified atom stereocenters. The molecule has 2 rings (SSSR count). The Labute approximate surface area is 108 Å². The average molecular weight is 258 g/mol. The van der Waals surface area contributed by atoms with Gasteiger partial charge in [0.05, 0.1) is 5.54 Å². The zero-order chi connectivity index (χ0) is 13.6. The van der Waals surface area contributed by atoms with E-state index in [1.165, 1.54) is 0 Å². The van der Waals surface area contributed by atoms with Crippen LogP contribution in [-0.2, 0) is 4.74 Å². The fraction of sp³-hybridized carbons (Fsp3) is 0.923. The Hall–Kier alpha value is -0.840. The number of hydrogen-bond acceptors (Lipinski definition) is 3. The van der Waals surface area contributed by atoms with Gasteiger partial charge in [0, 0.05) is 19.0 Å². The molecule has 1 N–H and O–H groups in total. The molecule has 0 aromatic rings. The molecule has 18 heavy (non-hydrogen) atoms. The molecule has 0 bridgehead atoms. The molecule has 2 atom stereocenters. The molecule has 1 aliphatic carbocycles. The maximum Gasteiger partial charge on any atom is 0.408 e. The van der Waals surface area contributed by atoms with Crippen LogP contribution in [-0.4, -0.2) is 48.4 Å². The molecule has 1 heterocycles. The topological polar surface area (TPSA) is 41.6 Å². The van der Waals surface area contributed by atoms with E-state index in [0.717, 1.165) is 12.8 Å². The van der Waals surface area contributed by atoms with Crippen molar-refractivity contribution in [3.05, 3.63) is 0 Å². The first-order valence-electron chi connectivity index (χ1n) is 6.56. The van der Waals surface area contributed by atoms with Gasteiger partial charge in [-0.3, -0.25) is 0 Å². The molecule has 0 radical (unpaired) electrons. The first kappa shape index (κ1) is 13.6. The summed E-state index contributed by atoms with van der Waals surface area (Å²) in [6.07, 6.45) is 0.422. The van der Waals surface area contributed by atoms with Gasteiger partial charge < -0.3 is 15.0 Å². The van der Waals surface area contributed by atoms with E-state index in [0.29, 0.717) is 13.1 Å². The van der Waals surface area contributed by atoms with E-state index in [2.05, 4.69) is 5.32 Å². The van der Waals surface area contributed by atoms with Crippen molar-refractivity contribution in [3.63, 3.8) is 0 Å². The third-order valence-electron chi connectivity index (χ3n) is 3.68. The summed E-state index contributed by atoms with van der Waals surface area (Å²) in [6, 6.07) is 0. The second-order valence-corrected chi connectivity index (χ2v) is 6.63. The summed E-state index contributed by atoms with van der Waals surface area (Å²) in [7, 11) is 1.91. The van der Waals surface area contributed by atoms with Crippen molar-refractivity contribution in [2.75, 3.05) is 20.1 Å². The van der Waals surface area contributed by atoms with Gasteiger partial charge in [0.2, 0.25) is 0 Å². The molecule has 1 aliphatic heterocycles. The number of likely N-dealkylation sites (tertiary alicyclic amines) is 1. The van der Waals surface area contributed by atoms with Crippen LogP contribution in [0.3, 0.4) is 0 Å². The Bertz CT molecular complexity index is 336. The molecule has 1 saturated heterocycles. The van der Waals surface area contributed by atoms with Crippen LogP contribution in [0.4, 0.5) is 9.18 Å². The molecule has 2 fully saturated rings. The van der Waals surface area contributed by atoms with Crippen LogP contribution in [0.15, 0.2) is 0 Å². The smallest absolute Gasteiger partial charge is 0.408 e. The zero-order valence-electron chi connectivity index (χ0n) is 11.6. The lowest BCUT2D eigenvalue weighted by Gasteiger charge is -2.27. The summed E-state index contributed by atoms with van der Waals surface area (Å²) in [6.45, 7) is 6.65. The van der Waals surface area contributed by atoms with Crippen LogP contribution >= 0.6 is 0 Å². The zero-order valence-corrected chi connectivity index (χ0v) is 11.6. The van der Waals surface area contributed by atoms with Gasteiger partial charge in [0.15, 0.2) is 0 Å². The number of alkyl halides is 1. The van der Waals surface area contributed by atoms with Gasteiger partial charge in [-0.25, -0.2) is 9.18 Å². The lowest BCUT2D eigenvalue weighted by molar-refractivity contribution is 0.0462. The molecule has 104 valence electrons. The normalized spacial score (nSPS) is 31.2. The fourth-order valence-electron chi connectivity index (χ4n) is 2.70. The highest BCUT2D eigenvalue weighted by molar-refractivity contribution is 5.69. The number of alkyl carbamates (subject to hydrolysis) is 1. The Kier molecular flexibility index (Phi) is 3.30. The monoisotopic (exact) mass is 258 g/mol. The number of nitrogens with one attached hydrogen (secondary N) is 1. The highest BCUT2D eigenvalue weighted by Gasteiger charge is 2.56. The number of carbonyl (C=O) groups excluding carboxylic acids is 1. The second-order valence-electron chi connectivity index (χ2n) is 6.63. The number of rotatable bonds is 2. The maximum absolute atomic E-state index is 13.9. The molecule has 0 aromatic carbocycles. The standard InChI is InChI=1S/C13H23FN2O2/c1-12(2,3)18-11(17)15-13(5-6-13)9-7-16(4)8-10(9)14/h9-10H,5-8H2,1-4H3,(H,15,17)/t9-,10+/m0/s1. The molecule has 5 heteroatoms. The summed E-state index contributed by atoms with van der Waals surface area (Å²) >= 11 is 0. The van der Waals surface area contributed by atoms with Crippen molar-refractivity contribution in [1.29, 1.82) is 0 Å². The van der Waals surface area contributed by atoms with Gasteiger partial charge in [-0.05, 0) is 40.7 Å². The minimum absolute atomic E-state index is 0.102. The van der Waals surface area contributed by atoms with Gasteiger partial charge in [-0.15, -0.1) is 0 Å². The number of nitrogens with zero attached hydrogens (tertiary/aromatic N) is 1. The van der Waals surface area contributed by atoms with Crippen molar-refractivity contribution in [2.45, 2.75) is 50.9 Å². The summed E-state index contributed by atoms with van der Waals surface area (Å²) < 4.78 is 19.2. The van der Waals surface area contributed by atoms with Crippen LogP contribution in [0.1, 0.15) is 33.6 Å². The largest absolute Gasteiger partial charge is 0.444 e. The predicted octanol–water partition coefficient (Wildman–Crippen LogP) is 1.94. The molecule has 4 nitrogen and oxygen atoms in total. The number of hydrogen-bond donors (Lipinski definition) is 1. The highest BCUT2D eigenvalue weighted by Crippen LogP contribution is 2.47. The van der Waals surface area contributed by atoms with Crippen LogP contribution in [0, 0.1) is 5.92 Å². The van der Waals surface area contributed by atoms with E-state index in [4.69, 9.17) is 4.74 Å². The van der Waals surface area contributed by atoms with E-state index < -0.39 is 17.9 Å². The lowest BCUT2D eigenvalue weighted by Crippen LogP contribution is -2.47. The van der Waals surface area contributed by atoms with E-state index in [1.54, 1.807) is 0 Å². The molecule has 0 aromatic heterocycles. The summed E-state index contributed by atoms with van der Waals surface area (Å²) in [4.78, 5) is 13.8. The van der Waals surface area contributed by atoms with Crippen molar-refractivity contribution in [1.82, 2.24) is 10.2 Å². The Morgan fingerprint density at radius 2 is 2.00 bits per heavy atom. The van der Waals surface area contributed by atoms with E-state index in [-0.39, 0.29) is 11.5 Å². The lowest BCUT2D eigenvalue weighted by atomic mass is 9.95. The maximum atomic E-state index is 13.9. The third kappa shape index (κ3) is 2.94. The molecular weight excluding hydrogens is 235 g/mol. The van der Waals surface area contributed by atoms with E-state index >= 15 is 0 Å². The SMILES string of the molecule is CN1C[C@@H](F)[C@@H](C2(NC(=O)OC(C)(C)C)CC2)C1. The quantitative estimate of drug-likeness (QED) is 0.823. The molecular formula is C13H23FN2O2. The van der Waals surface area contributed by atoms with Crippen LogP contribution in [0.5, 0.6) is 0 Å². The van der Waals surface area contributed by atoms with Crippen molar-refractivity contribution in [3.8, 4) is 0 Å². The van der Waals surface area contributed by atoms with Gasteiger partial charge in [0.25, 0.3) is 0 Å². The van der Waals surface area contributed by atoms with Crippen molar-refractivity contribution >= 4 is 6.09 Å². The number of halogens is 1. The highest BCUT2D eigenvalue weighted by atomic mass is 19.1. The third-order valence-corrected chi connectivity index (χ3v) is 3.68. The predicted molar refractivity (Wildman–Crippen MR) is 67.2 cm³/mol. The van der Waals surface area contributed by atoms with Crippen molar-refractivity contribution in [2.24, 2.45) is 5.92 Å². The van der Waals surface area contributed by atoms with Crippen LogP contribution < -0.4 is 5.32 Å². The van der Waals surface area contributed by atoms with Gasteiger partial charge in [-0.2, -0.15) is 0 Å². The first-order valence-corrected chi connectivity index (χ1v) is 6.56. The molecule has 1 amide bonds. The summed E-state index contributed by atoms with van der Waals surface area (Å²) in [5.41, 5.74) is -0.881. The number of amides is 1. The van der Waals surface area contributed by atoms with Gasteiger partial charge in [0.1, 0.15) is 11.8 Å². The van der Waals surface area contributed by atoms with E-state index in [1.807, 2.05) is 32.7 Å². The summed E-state index contributed by atoms with van der Waals surface area (Å²) in [5, 5.41) is 2.89. The average Bonchev–Trinajstić information content (AvgIpc) is 2.83. The first-order chi connectivity index (χ1) is 8.22. The Morgan fingerprint density at radius 3 is 2.39 bits per heavy atom. The molecule has 2 aliphatic rings. The van der Waals surface area contributed by atoms with E-state index in [9.17, 15) is 9.18 Å². The Balaban J connectivity index is 1.94. The Morgan fingerprint density at radius 1 is 1.39 bits per heavy atom. The fourth-order valence-corrected chi connectivity index (χ4v) is 2.70. The van der Waals surface area contributed by atoms with Crippen molar-refractivity contribution < 1.29 is 13.9 Å². The van der Waals surface area contributed by atoms with Gasteiger partial charge in [-0.1, -0.05) is 0 Å². The molecule has 1 saturated carbocycles. The second kappa shape index (κ2) is 4.37. The summed E-state index contributed by atoms with van der Waals surface area (Å²) in [5.74, 6) is -0.102. The van der Waals surface area contributed by atoms with Gasteiger partial charge >= 0.3 is 6.09 Å². The number of carbonyl (C=O) groups is 1. The van der Waals surface area contributed by atoms with Crippen LogP contribution in [0.25, 0.3) is 0 Å².